The minimum Gasteiger partial charge on any atom is -0.466 e. The number of esters is 1. The van der Waals surface area contributed by atoms with Gasteiger partial charge >= 0.3 is 5.97 Å². The second-order valence-corrected chi connectivity index (χ2v) is 7.15. The summed E-state index contributed by atoms with van der Waals surface area (Å²) >= 11 is 0. The van der Waals surface area contributed by atoms with E-state index in [2.05, 4.69) is 73.9 Å². The van der Waals surface area contributed by atoms with Gasteiger partial charge in [0.15, 0.2) is 0 Å². The van der Waals surface area contributed by atoms with Crippen molar-refractivity contribution in [2.75, 3.05) is 6.61 Å². The zero-order valence-electron chi connectivity index (χ0n) is 17.4. The van der Waals surface area contributed by atoms with E-state index in [4.69, 9.17) is 4.74 Å². The van der Waals surface area contributed by atoms with E-state index in [0.29, 0.717) is 13.0 Å². The fourth-order valence-corrected chi connectivity index (χ4v) is 3.85. The predicted octanol–water partition coefficient (Wildman–Crippen LogP) is 6.10. The number of ether oxygens (including phenoxy) is 1. The van der Waals surface area contributed by atoms with Crippen LogP contribution in [-0.4, -0.2) is 23.5 Å². The Morgan fingerprint density at radius 2 is 1.50 bits per heavy atom. The first kappa shape index (κ1) is 21.9. The summed E-state index contributed by atoms with van der Waals surface area (Å²) in [5.41, 5.74) is 2.50. The molecule has 150 valence electrons. The van der Waals surface area contributed by atoms with E-state index in [9.17, 15) is 4.79 Å². The topological polar surface area (TPSA) is 29.5 Å². The predicted molar refractivity (Wildman–Crippen MR) is 116 cm³/mol. The number of carbonyl (C=O) groups excluding carboxylic acids is 1. The van der Waals surface area contributed by atoms with Crippen molar-refractivity contribution in [1.29, 1.82) is 0 Å². The van der Waals surface area contributed by atoms with Crippen LogP contribution in [0.5, 0.6) is 0 Å². The maximum absolute atomic E-state index is 12.4. The molecule has 0 heterocycles. The van der Waals surface area contributed by atoms with Crippen LogP contribution in [0.4, 0.5) is 0 Å². The fourth-order valence-electron chi connectivity index (χ4n) is 3.85. The highest BCUT2D eigenvalue weighted by Crippen LogP contribution is 2.35. The summed E-state index contributed by atoms with van der Waals surface area (Å²) in [6.45, 7) is 10.6. The van der Waals surface area contributed by atoms with E-state index in [-0.39, 0.29) is 24.1 Å². The Balaban J connectivity index is 2.40. The summed E-state index contributed by atoms with van der Waals surface area (Å²) in [6, 6.07) is 21.4. The van der Waals surface area contributed by atoms with Crippen molar-refractivity contribution in [2.24, 2.45) is 0 Å². The van der Waals surface area contributed by atoms with Gasteiger partial charge in [-0.25, -0.2) is 0 Å². The fraction of sp³-hybridized carbons (Fsp3) is 0.400. The largest absolute Gasteiger partial charge is 0.466 e. The monoisotopic (exact) mass is 379 g/mol. The van der Waals surface area contributed by atoms with Crippen molar-refractivity contribution in [3.63, 3.8) is 0 Å². The molecule has 0 unspecified atom stereocenters. The molecule has 0 aliphatic carbocycles. The molecule has 0 amide bonds. The van der Waals surface area contributed by atoms with E-state index in [1.54, 1.807) is 0 Å². The first-order valence-corrected chi connectivity index (χ1v) is 10.2. The smallest absolute Gasteiger partial charge is 0.307 e. The van der Waals surface area contributed by atoms with Gasteiger partial charge in [0.1, 0.15) is 0 Å². The second kappa shape index (κ2) is 11.5. The summed E-state index contributed by atoms with van der Waals surface area (Å²) in [4.78, 5) is 14.8. The molecule has 2 aromatic rings. The highest BCUT2D eigenvalue weighted by molar-refractivity contribution is 5.70. The van der Waals surface area contributed by atoms with Gasteiger partial charge in [-0.15, -0.1) is 6.58 Å². The normalized spacial score (nSPS) is 14.3. The first-order chi connectivity index (χ1) is 13.6. The number of benzene rings is 2. The lowest BCUT2D eigenvalue weighted by atomic mass is 9.95. The molecule has 0 aliphatic rings. The molecule has 2 aromatic carbocycles. The Morgan fingerprint density at radius 1 is 1.00 bits per heavy atom. The third kappa shape index (κ3) is 6.07. The molecule has 0 aromatic heterocycles. The van der Waals surface area contributed by atoms with Crippen LogP contribution in [0.25, 0.3) is 0 Å². The van der Waals surface area contributed by atoms with E-state index in [1.807, 2.05) is 25.1 Å². The zero-order valence-corrected chi connectivity index (χ0v) is 17.4. The number of allylic oxidation sites excluding steroid dienone is 1. The third-order valence-corrected chi connectivity index (χ3v) is 5.29. The van der Waals surface area contributed by atoms with Crippen LogP contribution >= 0.6 is 0 Å². The lowest BCUT2D eigenvalue weighted by Crippen LogP contribution is -2.41. The number of carbonyl (C=O) groups is 1. The molecule has 0 aliphatic heterocycles. The number of hydrogen-bond donors (Lipinski definition) is 0. The minimum absolute atomic E-state index is 0.0717. The third-order valence-electron chi connectivity index (χ3n) is 5.29. The maximum Gasteiger partial charge on any atom is 0.307 e. The number of rotatable bonds is 11. The molecular formula is C25H33NO2. The summed E-state index contributed by atoms with van der Waals surface area (Å²) in [5.74, 6) is -0.137. The highest BCUT2D eigenvalue weighted by Gasteiger charge is 2.31. The summed E-state index contributed by atoms with van der Waals surface area (Å²) < 4.78 is 5.28. The molecule has 0 saturated heterocycles. The van der Waals surface area contributed by atoms with E-state index in [0.717, 1.165) is 12.8 Å². The molecule has 0 fully saturated rings. The second-order valence-electron chi connectivity index (χ2n) is 7.15. The van der Waals surface area contributed by atoms with Crippen LogP contribution in [0.2, 0.25) is 0 Å². The van der Waals surface area contributed by atoms with Crippen molar-refractivity contribution in [3.05, 3.63) is 84.4 Å². The lowest BCUT2D eigenvalue weighted by molar-refractivity contribution is -0.145. The quantitative estimate of drug-likeness (QED) is 0.349. The van der Waals surface area contributed by atoms with Crippen molar-refractivity contribution >= 4 is 5.97 Å². The molecule has 3 heteroatoms. The van der Waals surface area contributed by atoms with E-state index >= 15 is 0 Å². The van der Waals surface area contributed by atoms with Crippen molar-refractivity contribution in [3.8, 4) is 0 Å². The zero-order chi connectivity index (χ0) is 20.4. The first-order valence-electron chi connectivity index (χ1n) is 10.2. The summed E-state index contributed by atoms with van der Waals surface area (Å²) in [5, 5.41) is 0. The van der Waals surface area contributed by atoms with Crippen molar-refractivity contribution < 1.29 is 9.53 Å². The van der Waals surface area contributed by atoms with Crippen LogP contribution in [0, 0.1) is 0 Å². The van der Waals surface area contributed by atoms with Gasteiger partial charge in [-0.3, -0.25) is 9.69 Å². The van der Waals surface area contributed by atoms with Crippen molar-refractivity contribution in [1.82, 2.24) is 4.90 Å². The molecule has 0 bridgehead atoms. The Morgan fingerprint density at radius 3 is 1.93 bits per heavy atom. The van der Waals surface area contributed by atoms with Crippen LogP contribution in [0.15, 0.2) is 73.3 Å². The van der Waals surface area contributed by atoms with Crippen LogP contribution in [0.1, 0.15) is 63.2 Å². The molecular weight excluding hydrogens is 346 g/mol. The van der Waals surface area contributed by atoms with Gasteiger partial charge in [-0.2, -0.15) is 0 Å². The van der Waals surface area contributed by atoms with Gasteiger partial charge in [0.25, 0.3) is 0 Å². The molecule has 0 saturated carbocycles. The van der Waals surface area contributed by atoms with E-state index in [1.165, 1.54) is 11.1 Å². The molecule has 28 heavy (non-hydrogen) atoms. The van der Waals surface area contributed by atoms with Gasteiger partial charge in [-0.1, -0.05) is 66.7 Å². The maximum atomic E-state index is 12.4. The van der Waals surface area contributed by atoms with Gasteiger partial charge in [0, 0.05) is 18.1 Å². The Bertz CT molecular complexity index is 668. The highest BCUT2D eigenvalue weighted by atomic mass is 16.5. The van der Waals surface area contributed by atoms with Crippen molar-refractivity contribution in [2.45, 2.75) is 58.2 Å². The number of hydrogen-bond acceptors (Lipinski definition) is 3. The average Bonchev–Trinajstić information content (AvgIpc) is 2.73. The average molecular weight is 380 g/mol. The Kier molecular flexibility index (Phi) is 8.96. The van der Waals surface area contributed by atoms with Gasteiger partial charge in [0.2, 0.25) is 0 Å². The van der Waals surface area contributed by atoms with Crippen LogP contribution in [-0.2, 0) is 9.53 Å². The SMILES string of the molecule is C=CCC[C@@H](CC(=O)OCC)N([C@@H](C)c1ccccc1)[C@@H](C)c1ccccc1. The molecule has 2 rings (SSSR count). The summed E-state index contributed by atoms with van der Waals surface area (Å²) in [7, 11) is 0. The lowest BCUT2D eigenvalue weighted by Gasteiger charge is -2.41. The minimum atomic E-state index is -0.137. The van der Waals surface area contributed by atoms with Gasteiger partial charge < -0.3 is 4.74 Å². The standard InChI is InChI=1S/C25H33NO2/c1-5-7-18-24(19-25(27)28-6-2)26(20(3)22-14-10-8-11-15-22)21(4)23-16-12-9-13-17-23/h5,8-17,20-21,24H,1,6-7,18-19H2,2-4H3/t20-,21-,24-/m0/s1. The summed E-state index contributed by atoms with van der Waals surface area (Å²) in [6.07, 6.45) is 4.05. The number of nitrogens with zero attached hydrogens (tertiary/aromatic N) is 1. The van der Waals surface area contributed by atoms with Crippen LogP contribution in [0.3, 0.4) is 0 Å². The molecule has 0 spiro atoms. The van der Waals surface area contributed by atoms with Gasteiger partial charge in [0.05, 0.1) is 13.0 Å². The Hall–Kier alpha value is -2.39. The van der Waals surface area contributed by atoms with E-state index < -0.39 is 0 Å². The molecule has 3 atom stereocenters. The molecule has 0 N–H and O–H groups in total. The molecule has 3 nitrogen and oxygen atoms in total. The van der Waals surface area contributed by atoms with Gasteiger partial charge in [-0.05, 0) is 44.7 Å². The molecule has 0 radical (unpaired) electrons. The Labute approximate surface area is 170 Å². The van der Waals surface area contributed by atoms with Crippen LogP contribution < -0.4 is 0 Å².